The highest BCUT2D eigenvalue weighted by Gasteiger charge is 2.00. The van der Waals surface area contributed by atoms with Gasteiger partial charge in [0, 0.05) is 39.4 Å². The van der Waals surface area contributed by atoms with Crippen LogP contribution >= 0.6 is 0 Å². The first-order valence-corrected chi connectivity index (χ1v) is 9.64. The molecule has 0 saturated carbocycles. The molecule has 0 aliphatic rings. The minimum Gasteiger partial charge on any atom is -0.0622 e. The first-order chi connectivity index (χ1) is 14.9. The van der Waals surface area contributed by atoms with Crippen molar-refractivity contribution in [3.8, 4) is 35.5 Å². The van der Waals surface area contributed by atoms with E-state index in [1.165, 1.54) is 0 Å². The molecule has 0 fully saturated rings. The van der Waals surface area contributed by atoms with Gasteiger partial charge in [0.2, 0.25) is 0 Å². The SMILES string of the molecule is C(#Cc1ccccc1)c1[c]c(C#Cc2ccccc2)c(C#Cc2ccccc2)cc1. The zero-order valence-electron chi connectivity index (χ0n) is 16.3. The second-order valence-corrected chi connectivity index (χ2v) is 6.51. The van der Waals surface area contributed by atoms with Gasteiger partial charge in [0.25, 0.3) is 0 Å². The van der Waals surface area contributed by atoms with Gasteiger partial charge in [0.1, 0.15) is 0 Å². The van der Waals surface area contributed by atoms with Crippen LogP contribution in [-0.2, 0) is 0 Å². The van der Waals surface area contributed by atoms with Crippen LogP contribution in [0.25, 0.3) is 0 Å². The van der Waals surface area contributed by atoms with Crippen molar-refractivity contribution in [3.63, 3.8) is 0 Å². The average molecular weight is 377 g/mol. The van der Waals surface area contributed by atoms with Crippen molar-refractivity contribution in [1.82, 2.24) is 0 Å². The summed E-state index contributed by atoms with van der Waals surface area (Å²) < 4.78 is 0. The van der Waals surface area contributed by atoms with E-state index < -0.39 is 0 Å². The summed E-state index contributed by atoms with van der Waals surface area (Å²) in [6.07, 6.45) is 0. The van der Waals surface area contributed by atoms with Crippen molar-refractivity contribution in [2.75, 3.05) is 0 Å². The molecule has 0 unspecified atom stereocenters. The van der Waals surface area contributed by atoms with Gasteiger partial charge in [-0.1, -0.05) is 90.1 Å². The van der Waals surface area contributed by atoms with Crippen LogP contribution in [0, 0.1) is 41.6 Å². The lowest BCUT2D eigenvalue weighted by Gasteiger charge is -1.98. The third-order valence-corrected chi connectivity index (χ3v) is 4.28. The normalized spacial score (nSPS) is 9.20. The second-order valence-electron chi connectivity index (χ2n) is 6.51. The molecule has 0 aliphatic heterocycles. The predicted molar refractivity (Wildman–Crippen MR) is 123 cm³/mol. The van der Waals surface area contributed by atoms with Crippen molar-refractivity contribution in [1.29, 1.82) is 0 Å². The Morgan fingerprint density at radius 1 is 0.400 bits per heavy atom. The minimum absolute atomic E-state index is 0.752. The molecule has 0 heteroatoms. The summed E-state index contributed by atoms with van der Waals surface area (Å²) in [5.74, 6) is 19.2. The largest absolute Gasteiger partial charge is 0.0622 e. The third-order valence-electron chi connectivity index (χ3n) is 4.28. The summed E-state index contributed by atoms with van der Waals surface area (Å²) in [6.45, 7) is 0. The molecule has 0 heterocycles. The topological polar surface area (TPSA) is 0 Å². The summed E-state index contributed by atoms with van der Waals surface area (Å²) >= 11 is 0. The average Bonchev–Trinajstić information content (AvgIpc) is 2.82. The molecular formula is C30H17. The van der Waals surface area contributed by atoms with Gasteiger partial charge in [-0.2, -0.15) is 0 Å². The Balaban J connectivity index is 1.72. The van der Waals surface area contributed by atoms with Gasteiger partial charge in [0.15, 0.2) is 0 Å². The molecule has 0 saturated heterocycles. The molecule has 4 aromatic rings. The Morgan fingerprint density at radius 2 is 0.867 bits per heavy atom. The van der Waals surface area contributed by atoms with E-state index in [1.54, 1.807) is 0 Å². The van der Waals surface area contributed by atoms with E-state index in [4.69, 9.17) is 0 Å². The molecule has 4 rings (SSSR count). The zero-order chi connectivity index (χ0) is 20.4. The van der Waals surface area contributed by atoms with Crippen LogP contribution in [0.5, 0.6) is 0 Å². The first-order valence-electron chi connectivity index (χ1n) is 9.64. The molecule has 0 spiro atoms. The summed E-state index contributed by atoms with van der Waals surface area (Å²) in [4.78, 5) is 0. The number of benzene rings is 4. The smallest absolute Gasteiger partial charge is 0.0497 e. The highest BCUT2D eigenvalue weighted by Crippen LogP contribution is 2.11. The maximum absolute atomic E-state index is 3.34. The molecule has 0 aliphatic carbocycles. The van der Waals surface area contributed by atoms with E-state index >= 15 is 0 Å². The van der Waals surface area contributed by atoms with Gasteiger partial charge in [-0.05, 0) is 48.5 Å². The summed E-state index contributed by atoms with van der Waals surface area (Å²) in [5, 5.41) is 0. The fourth-order valence-electron chi connectivity index (χ4n) is 2.75. The van der Waals surface area contributed by atoms with Crippen LogP contribution in [0.2, 0.25) is 0 Å². The number of rotatable bonds is 0. The van der Waals surface area contributed by atoms with Crippen molar-refractivity contribution < 1.29 is 0 Å². The van der Waals surface area contributed by atoms with Gasteiger partial charge in [-0.15, -0.1) is 0 Å². The second kappa shape index (κ2) is 9.66. The minimum atomic E-state index is 0.752. The fraction of sp³-hybridized carbons (Fsp3) is 0. The van der Waals surface area contributed by atoms with E-state index in [2.05, 4.69) is 41.6 Å². The van der Waals surface area contributed by atoms with E-state index in [0.717, 1.165) is 33.4 Å². The lowest BCUT2D eigenvalue weighted by Crippen LogP contribution is -1.88. The molecule has 0 atom stereocenters. The van der Waals surface area contributed by atoms with Crippen molar-refractivity contribution in [2.24, 2.45) is 0 Å². The van der Waals surface area contributed by atoms with Gasteiger partial charge in [-0.3, -0.25) is 0 Å². The van der Waals surface area contributed by atoms with E-state index in [9.17, 15) is 0 Å². The lowest BCUT2D eigenvalue weighted by atomic mass is 10.0. The molecule has 0 N–H and O–H groups in total. The van der Waals surface area contributed by atoms with Crippen LogP contribution in [0.4, 0.5) is 0 Å². The van der Waals surface area contributed by atoms with Gasteiger partial charge in [-0.25, -0.2) is 0 Å². The molecule has 30 heavy (non-hydrogen) atoms. The molecule has 0 nitrogen and oxygen atoms in total. The monoisotopic (exact) mass is 377 g/mol. The quantitative estimate of drug-likeness (QED) is 0.346. The third kappa shape index (κ3) is 5.30. The highest BCUT2D eigenvalue weighted by molar-refractivity contribution is 5.57. The van der Waals surface area contributed by atoms with Crippen LogP contribution in [0.3, 0.4) is 0 Å². The molecule has 0 bridgehead atoms. The maximum atomic E-state index is 3.34. The summed E-state index contributed by atoms with van der Waals surface area (Å²) in [5.41, 5.74) is 5.27. The molecule has 0 aromatic heterocycles. The zero-order valence-corrected chi connectivity index (χ0v) is 16.3. The van der Waals surface area contributed by atoms with Crippen LogP contribution < -0.4 is 0 Å². The highest BCUT2D eigenvalue weighted by atomic mass is 14.0. The van der Waals surface area contributed by atoms with E-state index in [-0.39, 0.29) is 0 Å². The van der Waals surface area contributed by atoms with Crippen LogP contribution in [0.15, 0.2) is 103 Å². The Hall–Kier alpha value is -4.44. The van der Waals surface area contributed by atoms with Crippen molar-refractivity contribution in [2.45, 2.75) is 0 Å². The van der Waals surface area contributed by atoms with E-state index in [0.29, 0.717) is 0 Å². The van der Waals surface area contributed by atoms with Gasteiger partial charge in [0.05, 0.1) is 0 Å². The van der Waals surface area contributed by atoms with Crippen LogP contribution in [0.1, 0.15) is 33.4 Å². The Kier molecular flexibility index (Phi) is 6.09. The van der Waals surface area contributed by atoms with Gasteiger partial charge >= 0.3 is 0 Å². The first kappa shape index (κ1) is 18.9. The van der Waals surface area contributed by atoms with Crippen molar-refractivity contribution >= 4 is 0 Å². The number of hydrogen-bond acceptors (Lipinski definition) is 0. The molecule has 137 valence electrons. The van der Waals surface area contributed by atoms with Crippen molar-refractivity contribution in [3.05, 3.63) is 143 Å². The maximum Gasteiger partial charge on any atom is 0.0497 e. The van der Waals surface area contributed by atoms with Gasteiger partial charge < -0.3 is 0 Å². The summed E-state index contributed by atoms with van der Waals surface area (Å²) in [6, 6.07) is 37.0. The number of hydrogen-bond donors (Lipinski definition) is 0. The molecule has 1 radical (unpaired) electrons. The molecule has 0 amide bonds. The Bertz CT molecular complexity index is 1310. The lowest BCUT2D eigenvalue weighted by molar-refractivity contribution is 1.53. The fourth-order valence-corrected chi connectivity index (χ4v) is 2.75. The molecular weight excluding hydrogens is 360 g/mol. The Morgan fingerprint density at radius 3 is 1.40 bits per heavy atom. The molecule has 4 aromatic carbocycles. The predicted octanol–water partition coefficient (Wildman–Crippen LogP) is 5.69. The van der Waals surface area contributed by atoms with Crippen LogP contribution in [-0.4, -0.2) is 0 Å². The standard InChI is InChI=1S/C30H17/c1-4-10-25(11-5-1)16-17-28-20-22-29(21-18-26-12-6-2-7-13-26)30(24-28)23-19-27-14-8-3-9-15-27/h1-15,20,22H. The van der Waals surface area contributed by atoms with E-state index in [1.807, 2.05) is 103 Å². The summed E-state index contributed by atoms with van der Waals surface area (Å²) in [7, 11) is 0. The Labute approximate surface area is 178 Å².